The zero-order valence-corrected chi connectivity index (χ0v) is 17.7. The highest BCUT2D eigenvalue weighted by Gasteiger charge is 2.23. The van der Waals surface area contributed by atoms with Gasteiger partial charge >= 0.3 is 0 Å². The molecule has 2 aromatic rings. The van der Waals surface area contributed by atoms with Crippen molar-refractivity contribution in [1.82, 2.24) is 20.8 Å². The topological polar surface area (TPSA) is 100 Å². The third-order valence-electron chi connectivity index (χ3n) is 5.34. The minimum Gasteiger partial charge on any atom is -0.401 e. The molecule has 1 fully saturated rings. The maximum atomic E-state index is 6.41. The van der Waals surface area contributed by atoms with Crippen LogP contribution in [0, 0.1) is 11.8 Å². The van der Waals surface area contributed by atoms with E-state index in [0.29, 0.717) is 11.8 Å². The largest absolute Gasteiger partial charge is 0.401 e. The summed E-state index contributed by atoms with van der Waals surface area (Å²) < 4.78 is 0. The molecule has 2 aromatic heterocycles. The van der Waals surface area contributed by atoms with Gasteiger partial charge in [-0.25, -0.2) is 4.98 Å². The molecule has 1 aliphatic heterocycles. The molecule has 156 valence electrons. The highest BCUT2D eigenvalue weighted by atomic mass is 15.4. The Balaban J connectivity index is 1.63. The normalized spacial score (nSPS) is 17.3. The van der Waals surface area contributed by atoms with Crippen LogP contribution in [-0.2, 0) is 0 Å². The molecule has 0 amide bonds. The molecule has 1 aliphatic carbocycles. The average molecular weight is 404 g/mol. The molecular weight excluding hydrogens is 374 g/mol. The van der Waals surface area contributed by atoms with Crippen molar-refractivity contribution < 1.29 is 0 Å². The summed E-state index contributed by atoms with van der Waals surface area (Å²) in [6, 6.07) is 5.93. The molecule has 3 heterocycles. The minimum absolute atomic E-state index is 0.430. The van der Waals surface area contributed by atoms with Crippen molar-refractivity contribution in [2.45, 2.75) is 33.1 Å². The van der Waals surface area contributed by atoms with Gasteiger partial charge in [0, 0.05) is 42.5 Å². The van der Waals surface area contributed by atoms with Gasteiger partial charge in [0.2, 0.25) is 0 Å². The maximum absolute atomic E-state index is 6.41. The summed E-state index contributed by atoms with van der Waals surface area (Å²) in [5, 5.41) is 3.33. The van der Waals surface area contributed by atoms with Crippen LogP contribution in [0.4, 0.5) is 5.82 Å². The van der Waals surface area contributed by atoms with Crippen molar-refractivity contribution in [2.75, 3.05) is 12.4 Å². The first-order valence-electron chi connectivity index (χ1n) is 10.4. The second-order valence-corrected chi connectivity index (χ2v) is 8.18. The SMILES string of the molecule is CN=CC(=C(N)CC1CC1)c1cnc2ccc(NC3=CC(C(C)C)=CNN3)nc2c1. The first-order chi connectivity index (χ1) is 14.5. The number of nitrogens with one attached hydrogen (secondary N) is 3. The molecule has 0 radical (unpaired) electrons. The van der Waals surface area contributed by atoms with Gasteiger partial charge in [0.15, 0.2) is 0 Å². The van der Waals surface area contributed by atoms with E-state index in [2.05, 4.69) is 46.1 Å². The first-order valence-corrected chi connectivity index (χ1v) is 10.4. The lowest BCUT2D eigenvalue weighted by molar-refractivity contribution is 0.677. The third-order valence-corrected chi connectivity index (χ3v) is 5.34. The van der Waals surface area contributed by atoms with Gasteiger partial charge in [-0.15, -0.1) is 0 Å². The van der Waals surface area contributed by atoms with Gasteiger partial charge < -0.3 is 16.5 Å². The summed E-state index contributed by atoms with van der Waals surface area (Å²) in [6.45, 7) is 4.32. The summed E-state index contributed by atoms with van der Waals surface area (Å²) in [4.78, 5) is 13.6. The van der Waals surface area contributed by atoms with Crippen LogP contribution in [0.2, 0.25) is 0 Å². The molecule has 7 nitrogen and oxygen atoms in total. The lowest BCUT2D eigenvalue weighted by atomic mass is 10.0. The van der Waals surface area contributed by atoms with E-state index >= 15 is 0 Å². The number of nitrogens with two attached hydrogens (primary N) is 1. The second-order valence-electron chi connectivity index (χ2n) is 8.18. The molecule has 0 bridgehead atoms. The highest BCUT2D eigenvalue weighted by molar-refractivity contribution is 6.11. The number of pyridine rings is 2. The van der Waals surface area contributed by atoms with Crippen molar-refractivity contribution in [1.29, 1.82) is 0 Å². The van der Waals surface area contributed by atoms with Crippen LogP contribution in [0.25, 0.3) is 16.6 Å². The number of hydrogen-bond acceptors (Lipinski definition) is 7. The summed E-state index contributed by atoms with van der Waals surface area (Å²) in [6.07, 6.45) is 11.2. The Labute approximate surface area is 177 Å². The number of aliphatic imine (C=N–C) groups is 1. The predicted octanol–water partition coefficient (Wildman–Crippen LogP) is 3.70. The molecule has 2 aliphatic rings. The Bertz CT molecular complexity index is 1060. The van der Waals surface area contributed by atoms with Crippen LogP contribution in [0.3, 0.4) is 0 Å². The number of nitrogens with zero attached hydrogens (tertiary/aromatic N) is 3. The molecular formula is C23H29N7. The highest BCUT2D eigenvalue weighted by Crippen LogP contribution is 2.35. The van der Waals surface area contributed by atoms with Crippen LogP contribution >= 0.6 is 0 Å². The van der Waals surface area contributed by atoms with Crippen molar-refractivity contribution in [3.8, 4) is 0 Å². The Morgan fingerprint density at radius 3 is 2.90 bits per heavy atom. The lowest BCUT2D eigenvalue weighted by Gasteiger charge is -2.20. The summed E-state index contributed by atoms with van der Waals surface area (Å²) in [5.74, 6) is 2.73. The van der Waals surface area contributed by atoms with Crippen LogP contribution in [-0.4, -0.2) is 23.2 Å². The van der Waals surface area contributed by atoms with E-state index in [4.69, 9.17) is 10.7 Å². The van der Waals surface area contributed by atoms with E-state index < -0.39 is 0 Å². The number of aromatic nitrogens is 2. The first kappa shape index (κ1) is 19.9. The van der Waals surface area contributed by atoms with Crippen molar-refractivity contribution in [3.05, 3.63) is 59.3 Å². The van der Waals surface area contributed by atoms with Crippen molar-refractivity contribution >= 4 is 28.6 Å². The smallest absolute Gasteiger partial charge is 0.132 e. The Morgan fingerprint density at radius 2 is 2.17 bits per heavy atom. The Kier molecular flexibility index (Phi) is 5.70. The van der Waals surface area contributed by atoms with Crippen LogP contribution in [0.15, 0.2) is 58.8 Å². The van der Waals surface area contributed by atoms with E-state index in [1.165, 1.54) is 18.4 Å². The molecule has 0 atom stereocenters. The van der Waals surface area contributed by atoms with Crippen molar-refractivity contribution in [2.24, 2.45) is 22.6 Å². The van der Waals surface area contributed by atoms with Gasteiger partial charge in [0.25, 0.3) is 0 Å². The number of anilines is 1. The molecule has 5 N–H and O–H groups in total. The fourth-order valence-corrected chi connectivity index (χ4v) is 3.42. The fourth-order valence-electron chi connectivity index (χ4n) is 3.42. The monoisotopic (exact) mass is 403 g/mol. The Morgan fingerprint density at radius 1 is 1.33 bits per heavy atom. The standard InChI is InChI=1S/C23H29N7/c1-14(2)16-10-23(30-27-12-16)29-22-7-6-20-21(28-22)9-17(11-26-20)18(13-25-3)19(24)8-15-4-5-15/h6-7,9-15,27,30H,4-5,8,24H2,1-3H3,(H,28,29). The minimum atomic E-state index is 0.430. The molecule has 1 saturated carbocycles. The van der Waals surface area contributed by atoms with Crippen molar-refractivity contribution in [3.63, 3.8) is 0 Å². The third kappa shape index (κ3) is 4.62. The van der Waals surface area contributed by atoms with E-state index in [0.717, 1.165) is 45.9 Å². The number of hydrazine groups is 1. The predicted molar refractivity (Wildman–Crippen MR) is 123 cm³/mol. The molecule has 7 heteroatoms. The van der Waals surface area contributed by atoms with E-state index in [9.17, 15) is 0 Å². The maximum Gasteiger partial charge on any atom is 0.132 e. The van der Waals surface area contributed by atoms with Crippen LogP contribution in [0.5, 0.6) is 0 Å². The molecule has 30 heavy (non-hydrogen) atoms. The van der Waals surface area contributed by atoms with Gasteiger partial charge in [0.1, 0.15) is 11.6 Å². The van der Waals surface area contributed by atoms with Gasteiger partial charge in [-0.2, -0.15) is 0 Å². The molecule has 0 aromatic carbocycles. The quantitative estimate of drug-likeness (QED) is 0.526. The molecule has 0 unspecified atom stereocenters. The zero-order valence-electron chi connectivity index (χ0n) is 17.7. The van der Waals surface area contributed by atoms with E-state index in [1.54, 1.807) is 7.05 Å². The van der Waals surface area contributed by atoms with Gasteiger partial charge in [-0.05, 0) is 60.9 Å². The number of allylic oxidation sites excluding steroid dienone is 4. The second kappa shape index (κ2) is 8.57. The van der Waals surface area contributed by atoms with Gasteiger partial charge in [-0.3, -0.25) is 15.4 Å². The average Bonchev–Trinajstić information content (AvgIpc) is 3.55. The molecule has 4 rings (SSSR count). The fraction of sp³-hybridized carbons (Fsp3) is 0.348. The van der Waals surface area contributed by atoms with Gasteiger partial charge in [-0.1, -0.05) is 13.8 Å². The Hall–Kier alpha value is -3.35. The number of hydrogen-bond donors (Lipinski definition) is 4. The summed E-state index contributed by atoms with van der Waals surface area (Å²) in [7, 11) is 1.76. The zero-order chi connectivity index (χ0) is 21.1. The number of rotatable bonds is 7. The van der Waals surface area contributed by atoms with E-state index in [1.807, 2.05) is 36.8 Å². The molecule has 0 saturated heterocycles. The molecule has 0 spiro atoms. The van der Waals surface area contributed by atoms with Crippen LogP contribution < -0.4 is 21.9 Å². The summed E-state index contributed by atoms with van der Waals surface area (Å²) in [5.41, 5.74) is 18.2. The van der Waals surface area contributed by atoms with Crippen LogP contribution in [0.1, 0.15) is 38.7 Å². The number of fused-ring (bicyclic) bond motifs is 1. The van der Waals surface area contributed by atoms with E-state index in [-0.39, 0.29) is 0 Å². The summed E-state index contributed by atoms with van der Waals surface area (Å²) >= 11 is 0. The van der Waals surface area contributed by atoms with Gasteiger partial charge in [0.05, 0.1) is 11.0 Å². The lowest BCUT2D eigenvalue weighted by Crippen LogP contribution is -2.33.